The molecule has 0 aliphatic carbocycles. The minimum atomic E-state index is -1.67. The Bertz CT molecular complexity index is 917. The number of benzene rings is 2. The number of halogens is 4. The molecule has 0 radical (unpaired) electrons. The fraction of sp³-hybridized carbons (Fsp3) is 0.333. The lowest BCUT2D eigenvalue weighted by Crippen LogP contribution is -2.24. The van der Waals surface area contributed by atoms with Gasteiger partial charge in [0.25, 0.3) is 0 Å². The number of nitrogens with one attached hydrogen (secondary N) is 2. The van der Waals surface area contributed by atoms with E-state index in [-0.39, 0.29) is 17.4 Å². The molecule has 0 aliphatic rings. The molecule has 0 bridgehead atoms. The van der Waals surface area contributed by atoms with Crippen LogP contribution >= 0.6 is 11.8 Å². The summed E-state index contributed by atoms with van der Waals surface area (Å²) in [6.45, 7) is 7.34. The van der Waals surface area contributed by atoms with Crippen LogP contribution in [0.15, 0.2) is 35.2 Å². The molecule has 162 valence electrons. The van der Waals surface area contributed by atoms with Gasteiger partial charge in [0, 0.05) is 23.1 Å². The van der Waals surface area contributed by atoms with Crippen molar-refractivity contribution in [2.45, 2.75) is 44.3 Å². The highest BCUT2D eigenvalue weighted by Gasteiger charge is 2.23. The molecular weight excluding hydrogens is 420 g/mol. The zero-order valence-electron chi connectivity index (χ0n) is 16.9. The highest BCUT2D eigenvalue weighted by molar-refractivity contribution is 8.00. The molecule has 30 heavy (non-hydrogen) atoms. The zero-order valence-corrected chi connectivity index (χ0v) is 17.7. The third-order valence-corrected chi connectivity index (χ3v) is 4.98. The Labute approximate surface area is 176 Å². The largest absolute Gasteiger partial charge is 0.326 e. The summed E-state index contributed by atoms with van der Waals surface area (Å²) in [5.41, 5.74) is -0.724. The molecule has 0 aromatic heterocycles. The summed E-state index contributed by atoms with van der Waals surface area (Å²) in [7, 11) is 0. The SMILES string of the molecule is CC(Sc1ccc(NC(=O)CC(C)(C)C)cc1)C(=O)Nc1c(F)c(F)cc(F)c1F. The van der Waals surface area contributed by atoms with E-state index >= 15 is 0 Å². The first-order chi connectivity index (χ1) is 13.9. The average molecular weight is 442 g/mol. The molecule has 0 fully saturated rings. The number of thioether (sulfide) groups is 1. The van der Waals surface area contributed by atoms with Crippen LogP contribution in [0.25, 0.3) is 0 Å². The lowest BCUT2D eigenvalue weighted by atomic mass is 9.92. The Morgan fingerprint density at radius 3 is 2.00 bits per heavy atom. The minimum absolute atomic E-state index is 0.0698. The van der Waals surface area contributed by atoms with Crippen molar-refractivity contribution in [1.82, 2.24) is 0 Å². The molecule has 1 atom stereocenters. The second-order valence-electron chi connectivity index (χ2n) is 7.90. The zero-order chi connectivity index (χ0) is 22.6. The predicted octanol–water partition coefficient (Wildman–Crippen LogP) is 5.74. The van der Waals surface area contributed by atoms with Crippen LogP contribution in [0.2, 0.25) is 0 Å². The maximum Gasteiger partial charge on any atom is 0.237 e. The van der Waals surface area contributed by atoms with Crippen LogP contribution in [0.4, 0.5) is 28.9 Å². The molecule has 2 amide bonds. The summed E-state index contributed by atoms with van der Waals surface area (Å²) in [5.74, 6) is -7.50. The average Bonchev–Trinajstić information content (AvgIpc) is 2.63. The second-order valence-corrected chi connectivity index (χ2v) is 9.32. The predicted molar refractivity (Wildman–Crippen MR) is 109 cm³/mol. The monoisotopic (exact) mass is 442 g/mol. The van der Waals surface area contributed by atoms with Gasteiger partial charge in [-0.05, 0) is 36.6 Å². The molecule has 2 aromatic carbocycles. The van der Waals surface area contributed by atoms with Crippen LogP contribution in [0.5, 0.6) is 0 Å². The first-order valence-electron chi connectivity index (χ1n) is 9.08. The Hall–Kier alpha value is -2.55. The van der Waals surface area contributed by atoms with Gasteiger partial charge in [-0.25, -0.2) is 17.6 Å². The van der Waals surface area contributed by atoms with E-state index in [0.29, 0.717) is 17.0 Å². The molecule has 2 aromatic rings. The standard InChI is InChI=1S/C21H22F4N2O2S/c1-11(20(29)27-19-17(24)14(22)9-15(23)18(19)25)30-13-7-5-12(6-8-13)26-16(28)10-21(2,3)4/h5-9,11H,10H2,1-4H3,(H,26,28)(H,27,29). The van der Waals surface area contributed by atoms with E-state index in [0.717, 1.165) is 11.8 Å². The van der Waals surface area contributed by atoms with Crippen molar-refractivity contribution in [3.05, 3.63) is 53.6 Å². The topological polar surface area (TPSA) is 58.2 Å². The van der Waals surface area contributed by atoms with E-state index in [4.69, 9.17) is 0 Å². The van der Waals surface area contributed by atoms with Crippen LogP contribution in [0.1, 0.15) is 34.1 Å². The molecule has 0 spiro atoms. The van der Waals surface area contributed by atoms with Gasteiger partial charge in [-0.3, -0.25) is 9.59 Å². The van der Waals surface area contributed by atoms with Crippen molar-refractivity contribution in [1.29, 1.82) is 0 Å². The van der Waals surface area contributed by atoms with Gasteiger partial charge >= 0.3 is 0 Å². The van der Waals surface area contributed by atoms with Crippen molar-refractivity contribution in [3.8, 4) is 0 Å². The number of anilines is 2. The van der Waals surface area contributed by atoms with Gasteiger partial charge in [0.15, 0.2) is 23.3 Å². The number of rotatable bonds is 6. The fourth-order valence-electron chi connectivity index (χ4n) is 2.47. The van der Waals surface area contributed by atoms with Gasteiger partial charge in [-0.15, -0.1) is 11.8 Å². The van der Waals surface area contributed by atoms with Crippen LogP contribution < -0.4 is 10.6 Å². The molecule has 0 heterocycles. The third kappa shape index (κ3) is 6.48. The van der Waals surface area contributed by atoms with Gasteiger partial charge in [-0.1, -0.05) is 20.8 Å². The highest BCUT2D eigenvalue weighted by Crippen LogP contribution is 2.28. The van der Waals surface area contributed by atoms with Crippen molar-refractivity contribution < 1.29 is 27.2 Å². The normalized spacial score (nSPS) is 12.4. The molecular formula is C21H22F4N2O2S. The number of carbonyl (C=O) groups is 2. The summed E-state index contributed by atoms with van der Waals surface area (Å²) in [4.78, 5) is 24.8. The highest BCUT2D eigenvalue weighted by atomic mass is 32.2. The quantitative estimate of drug-likeness (QED) is 0.341. The van der Waals surface area contributed by atoms with Crippen molar-refractivity contribution >= 4 is 35.0 Å². The van der Waals surface area contributed by atoms with E-state index in [2.05, 4.69) is 5.32 Å². The summed E-state index contributed by atoms with van der Waals surface area (Å²) in [6, 6.07) is 6.73. The lowest BCUT2D eigenvalue weighted by molar-refractivity contribution is -0.118. The molecule has 1 unspecified atom stereocenters. The number of hydrogen-bond acceptors (Lipinski definition) is 3. The van der Waals surface area contributed by atoms with Gasteiger partial charge in [0.1, 0.15) is 5.69 Å². The van der Waals surface area contributed by atoms with E-state index in [1.54, 1.807) is 24.3 Å². The van der Waals surface area contributed by atoms with E-state index in [1.807, 2.05) is 26.1 Å². The van der Waals surface area contributed by atoms with Crippen molar-refractivity contribution in [2.75, 3.05) is 10.6 Å². The molecule has 0 aliphatic heterocycles. The molecule has 4 nitrogen and oxygen atoms in total. The first-order valence-corrected chi connectivity index (χ1v) is 9.96. The van der Waals surface area contributed by atoms with Crippen LogP contribution in [-0.2, 0) is 9.59 Å². The maximum atomic E-state index is 13.7. The van der Waals surface area contributed by atoms with E-state index in [9.17, 15) is 27.2 Å². The summed E-state index contributed by atoms with van der Waals surface area (Å²) < 4.78 is 54.0. The van der Waals surface area contributed by atoms with Crippen LogP contribution in [-0.4, -0.2) is 17.1 Å². The number of hydrogen-bond donors (Lipinski definition) is 2. The van der Waals surface area contributed by atoms with Gasteiger partial charge in [0.2, 0.25) is 11.8 Å². The summed E-state index contributed by atoms with van der Waals surface area (Å²) >= 11 is 1.07. The Balaban J connectivity index is 2.00. The smallest absolute Gasteiger partial charge is 0.237 e. The van der Waals surface area contributed by atoms with E-state index in [1.165, 1.54) is 6.92 Å². The Morgan fingerprint density at radius 2 is 1.50 bits per heavy atom. The Kier molecular flexibility index (Phi) is 7.52. The van der Waals surface area contributed by atoms with Gasteiger partial charge < -0.3 is 10.6 Å². The van der Waals surface area contributed by atoms with Crippen molar-refractivity contribution in [2.24, 2.45) is 5.41 Å². The molecule has 0 saturated heterocycles. The van der Waals surface area contributed by atoms with Gasteiger partial charge in [0.05, 0.1) is 5.25 Å². The molecule has 2 rings (SSSR count). The first kappa shape index (κ1) is 23.7. The molecule has 0 saturated carbocycles. The number of amides is 2. The van der Waals surface area contributed by atoms with Crippen LogP contribution in [0.3, 0.4) is 0 Å². The lowest BCUT2D eigenvalue weighted by Gasteiger charge is -2.17. The van der Waals surface area contributed by atoms with Gasteiger partial charge in [-0.2, -0.15) is 0 Å². The Morgan fingerprint density at radius 1 is 0.967 bits per heavy atom. The summed E-state index contributed by atoms with van der Waals surface area (Å²) in [5, 5.41) is 3.85. The number of carbonyl (C=O) groups excluding carboxylic acids is 2. The maximum absolute atomic E-state index is 13.7. The second kappa shape index (κ2) is 9.51. The minimum Gasteiger partial charge on any atom is -0.326 e. The fourth-order valence-corrected chi connectivity index (χ4v) is 3.34. The van der Waals surface area contributed by atoms with Crippen LogP contribution in [0, 0.1) is 28.7 Å². The molecule has 9 heteroatoms. The third-order valence-electron chi connectivity index (χ3n) is 3.87. The van der Waals surface area contributed by atoms with E-state index < -0.39 is 40.1 Å². The molecule has 2 N–H and O–H groups in total. The van der Waals surface area contributed by atoms with Crippen molar-refractivity contribution in [3.63, 3.8) is 0 Å². The summed E-state index contributed by atoms with van der Waals surface area (Å²) in [6.07, 6.45) is 0.356.